The number of nitrogens with one attached hydrogen (secondary N) is 2. The first-order chi connectivity index (χ1) is 14.6. The van der Waals surface area contributed by atoms with Crippen molar-refractivity contribution in [3.8, 4) is 17.0 Å². The molecule has 0 radical (unpaired) electrons. The van der Waals surface area contributed by atoms with Gasteiger partial charge in [0.25, 0.3) is 5.91 Å². The number of rotatable bonds is 6. The number of carbonyl (C=O) groups is 2. The number of nitrogens with zero attached hydrogens (tertiary/aromatic N) is 2. The second-order valence-electron chi connectivity index (χ2n) is 7.39. The van der Waals surface area contributed by atoms with Gasteiger partial charge in [0.05, 0.1) is 16.3 Å². The molecule has 30 heavy (non-hydrogen) atoms. The summed E-state index contributed by atoms with van der Waals surface area (Å²) in [6, 6.07) is 10.0. The number of anilines is 1. The van der Waals surface area contributed by atoms with Crippen molar-refractivity contribution >= 4 is 29.0 Å². The SMILES string of the molecule is CCCNC(=O)n1nc(-c2cc(NC(=O)c3cccs3)ccc2O)cc1C1CCC1. The second kappa shape index (κ2) is 8.71. The number of aromatic hydroxyl groups is 1. The second-order valence-corrected chi connectivity index (χ2v) is 8.34. The third kappa shape index (κ3) is 4.09. The Hall–Kier alpha value is -3.13. The highest BCUT2D eigenvalue weighted by atomic mass is 32.1. The van der Waals surface area contributed by atoms with Crippen LogP contribution in [0.3, 0.4) is 0 Å². The van der Waals surface area contributed by atoms with E-state index in [-0.39, 0.29) is 17.7 Å². The standard InChI is InChI=1S/C22H24N4O3S/c1-2-10-23-22(29)26-18(14-5-3-6-14)13-17(25-26)16-12-15(8-9-19(16)27)24-21(28)20-7-4-11-30-20/h4,7-9,11-14,27H,2-3,5-6,10H2,1H3,(H,23,29)(H,24,28). The molecule has 0 aliphatic heterocycles. The first kappa shape index (κ1) is 20.2. The van der Waals surface area contributed by atoms with Crippen molar-refractivity contribution in [2.24, 2.45) is 0 Å². The molecule has 0 atom stereocenters. The van der Waals surface area contributed by atoms with Crippen molar-refractivity contribution in [3.05, 3.63) is 52.3 Å². The van der Waals surface area contributed by atoms with E-state index < -0.39 is 0 Å². The minimum atomic E-state index is -0.258. The molecule has 3 N–H and O–H groups in total. The summed E-state index contributed by atoms with van der Waals surface area (Å²) in [4.78, 5) is 25.6. The molecule has 0 spiro atoms. The van der Waals surface area contributed by atoms with Crippen molar-refractivity contribution in [1.29, 1.82) is 0 Å². The Morgan fingerprint density at radius 3 is 2.77 bits per heavy atom. The van der Waals surface area contributed by atoms with Gasteiger partial charge in [0.1, 0.15) is 5.75 Å². The minimum Gasteiger partial charge on any atom is -0.507 e. The van der Waals surface area contributed by atoms with Crippen LogP contribution in [0, 0.1) is 0 Å². The molecule has 0 unspecified atom stereocenters. The zero-order valence-electron chi connectivity index (χ0n) is 16.7. The highest BCUT2D eigenvalue weighted by Gasteiger charge is 2.27. The van der Waals surface area contributed by atoms with E-state index in [1.807, 2.05) is 24.4 Å². The molecular weight excluding hydrogens is 400 g/mol. The zero-order chi connectivity index (χ0) is 21.1. The molecule has 1 saturated carbocycles. The quantitative estimate of drug-likeness (QED) is 0.495. The molecule has 3 aromatic rings. The third-order valence-electron chi connectivity index (χ3n) is 5.25. The summed E-state index contributed by atoms with van der Waals surface area (Å²) in [7, 11) is 0. The van der Waals surface area contributed by atoms with Gasteiger partial charge in [0.15, 0.2) is 0 Å². The fourth-order valence-electron chi connectivity index (χ4n) is 3.41. The molecule has 2 aromatic heterocycles. The Kier molecular flexibility index (Phi) is 5.85. The monoisotopic (exact) mass is 424 g/mol. The van der Waals surface area contributed by atoms with Gasteiger partial charge in [-0.2, -0.15) is 9.78 Å². The molecule has 4 rings (SSSR count). The summed E-state index contributed by atoms with van der Waals surface area (Å²) in [6.45, 7) is 2.57. The Labute approximate surface area is 178 Å². The summed E-state index contributed by atoms with van der Waals surface area (Å²) < 4.78 is 1.42. The lowest BCUT2D eigenvalue weighted by Crippen LogP contribution is -2.32. The van der Waals surface area contributed by atoms with Crippen molar-refractivity contribution in [1.82, 2.24) is 15.1 Å². The van der Waals surface area contributed by atoms with Crippen molar-refractivity contribution in [2.75, 3.05) is 11.9 Å². The Bertz CT molecular complexity index is 1050. The van der Waals surface area contributed by atoms with E-state index in [4.69, 9.17) is 0 Å². The Morgan fingerprint density at radius 2 is 2.10 bits per heavy atom. The van der Waals surface area contributed by atoms with Crippen LogP contribution < -0.4 is 10.6 Å². The molecule has 2 heterocycles. The van der Waals surface area contributed by atoms with Crippen molar-refractivity contribution < 1.29 is 14.7 Å². The van der Waals surface area contributed by atoms with E-state index in [0.717, 1.165) is 31.4 Å². The summed E-state index contributed by atoms with van der Waals surface area (Å²) >= 11 is 1.36. The lowest BCUT2D eigenvalue weighted by Gasteiger charge is -2.25. The molecular formula is C22H24N4O3S. The maximum atomic E-state index is 12.6. The van der Waals surface area contributed by atoms with Gasteiger partial charge >= 0.3 is 6.03 Å². The average Bonchev–Trinajstić information content (AvgIpc) is 3.37. The van der Waals surface area contributed by atoms with E-state index in [0.29, 0.717) is 34.3 Å². The molecule has 0 saturated heterocycles. The summed E-state index contributed by atoms with van der Waals surface area (Å²) in [5, 5.41) is 22.5. The van der Waals surface area contributed by atoms with Crippen LogP contribution in [0.1, 0.15) is 53.9 Å². The smallest absolute Gasteiger partial charge is 0.342 e. The maximum Gasteiger partial charge on any atom is 0.342 e. The molecule has 1 aliphatic carbocycles. The number of thiophene rings is 1. The lowest BCUT2D eigenvalue weighted by atomic mass is 9.82. The van der Waals surface area contributed by atoms with Crippen molar-refractivity contribution in [3.63, 3.8) is 0 Å². The molecule has 7 nitrogen and oxygen atoms in total. The van der Waals surface area contributed by atoms with E-state index >= 15 is 0 Å². The van der Waals surface area contributed by atoms with Gasteiger partial charge in [-0.15, -0.1) is 11.3 Å². The van der Waals surface area contributed by atoms with Crippen molar-refractivity contribution in [2.45, 2.75) is 38.5 Å². The van der Waals surface area contributed by atoms with E-state index in [2.05, 4.69) is 15.7 Å². The van der Waals surface area contributed by atoms with Gasteiger partial charge in [-0.1, -0.05) is 19.4 Å². The van der Waals surface area contributed by atoms with Crippen LogP contribution in [0.4, 0.5) is 10.5 Å². The van der Waals surface area contributed by atoms with Gasteiger partial charge in [-0.3, -0.25) is 4.79 Å². The molecule has 0 bridgehead atoms. The highest BCUT2D eigenvalue weighted by Crippen LogP contribution is 2.39. The largest absolute Gasteiger partial charge is 0.507 e. The minimum absolute atomic E-state index is 0.0444. The molecule has 8 heteroatoms. The van der Waals surface area contributed by atoms with Gasteiger partial charge < -0.3 is 15.7 Å². The number of amides is 2. The molecule has 1 aromatic carbocycles. The van der Waals surface area contributed by atoms with Gasteiger partial charge in [0.2, 0.25) is 0 Å². The van der Waals surface area contributed by atoms with E-state index in [9.17, 15) is 14.7 Å². The Balaban J connectivity index is 1.65. The first-order valence-corrected chi connectivity index (χ1v) is 11.0. The molecule has 156 valence electrons. The van der Waals surface area contributed by atoms with Gasteiger partial charge in [0, 0.05) is 23.7 Å². The predicted octanol–water partition coefficient (Wildman–Crippen LogP) is 4.80. The number of benzene rings is 1. The summed E-state index contributed by atoms with van der Waals surface area (Å²) in [6.07, 6.45) is 4.02. The number of hydrogen-bond donors (Lipinski definition) is 3. The van der Waals surface area contributed by atoms with Crippen LogP contribution >= 0.6 is 11.3 Å². The van der Waals surface area contributed by atoms with Crippen LogP contribution in [0.15, 0.2) is 41.8 Å². The number of carbonyl (C=O) groups excluding carboxylic acids is 2. The molecule has 1 aliphatic rings. The lowest BCUT2D eigenvalue weighted by molar-refractivity contribution is 0.103. The topological polar surface area (TPSA) is 96.3 Å². The van der Waals surface area contributed by atoms with Crippen LogP contribution in [-0.4, -0.2) is 33.4 Å². The van der Waals surface area contributed by atoms with Crippen LogP contribution in [0.5, 0.6) is 5.75 Å². The van der Waals surface area contributed by atoms with E-state index in [1.54, 1.807) is 18.2 Å². The summed E-state index contributed by atoms with van der Waals surface area (Å²) in [5.74, 6) is 0.131. The van der Waals surface area contributed by atoms with Gasteiger partial charge in [-0.25, -0.2) is 4.79 Å². The fraction of sp³-hybridized carbons (Fsp3) is 0.318. The molecule has 1 fully saturated rings. The third-order valence-corrected chi connectivity index (χ3v) is 6.12. The normalized spacial score (nSPS) is 13.6. The Morgan fingerprint density at radius 1 is 1.27 bits per heavy atom. The number of hydrogen-bond acceptors (Lipinski definition) is 5. The van der Waals surface area contributed by atoms with Crippen LogP contribution in [-0.2, 0) is 0 Å². The average molecular weight is 425 g/mol. The van der Waals surface area contributed by atoms with E-state index in [1.165, 1.54) is 22.1 Å². The van der Waals surface area contributed by atoms with Crippen LogP contribution in [0.25, 0.3) is 11.3 Å². The number of aromatic nitrogens is 2. The summed E-state index contributed by atoms with van der Waals surface area (Å²) in [5.41, 5.74) is 2.39. The van der Waals surface area contributed by atoms with Crippen LogP contribution in [0.2, 0.25) is 0 Å². The predicted molar refractivity (Wildman–Crippen MR) is 117 cm³/mol. The number of phenols is 1. The maximum absolute atomic E-state index is 12.6. The highest BCUT2D eigenvalue weighted by molar-refractivity contribution is 7.12. The fourth-order valence-corrected chi connectivity index (χ4v) is 4.03. The zero-order valence-corrected chi connectivity index (χ0v) is 17.5. The number of phenolic OH excluding ortho intramolecular Hbond substituents is 1. The van der Waals surface area contributed by atoms with Gasteiger partial charge in [-0.05, 0) is 55.0 Å². The molecule has 2 amide bonds. The first-order valence-electron chi connectivity index (χ1n) is 10.1.